The fourth-order valence-corrected chi connectivity index (χ4v) is 1.38. The molecule has 0 aliphatic heterocycles. The minimum absolute atomic E-state index is 0.0127. The van der Waals surface area contributed by atoms with E-state index in [1.165, 1.54) is 5.56 Å². The second-order valence-electron chi connectivity index (χ2n) is 2.82. The van der Waals surface area contributed by atoms with Crippen LogP contribution >= 0.6 is 0 Å². The summed E-state index contributed by atoms with van der Waals surface area (Å²) in [4.78, 5) is 6.59. The molecule has 0 saturated heterocycles. The Bertz CT molecular complexity index is 272. The zero-order valence-corrected chi connectivity index (χ0v) is 7.10. The Morgan fingerprint density at radius 2 is 2.18 bits per heavy atom. The fourth-order valence-electron chi connectivity index (χ4n) is 1.38. The maximum Gasteiger partial charge on any atom is 0.247 e. The van der Waals surface area contributed by atoms with Gasteiger partial charge in [0.05, 0.1) is 5.56 Å². The molecule has 0 aliphatic rings. The van der Waals surface area contributed by atoms with Gasteiger partial charge in [0.1, 0.15) is 0 Å². The lowest BCUT2D eigenvalue weighted by molar-refractivity contribution is 0.935. The van der Waals surface area contributed by atoms with Gasteiger partial charge in [0.2, 0.25) is 6.04 Å². The van der Waals surface area contributed by atoms with Gasteiger partial charge in [-0.1, -0.05) is 0 Å². The molecule has 2 heteroatoms. The Hall–Kier alpha value is -1.23. The molecule has 0 bridgehead atoms. The summed E-state index contributed by atoms with van der Waals surface area (Å²) < 4.78 is 0. The molecule has 0 spiro atoms. The molecule has 1 N–H and O–H groups in total. The van der Waals surface area contributed by atoms with Gasteiger partial charge >= 0.3 is 0 Å². The average molecular weight is 148 g/mol. The maximum absolute atomic E-state index is 6.89. The molecular weight excluding hydrogens is 136 g/mol. The van der Waals surface area contributed by atoms with E-state index in [2.05, 4.69) is 9.83 Å². The third-order valence-corrected chi connectivity index (χ3v) is 1.95. The van der Waals surface area contributed by atoms with Crippen molar-refractivity contribution in [2.24, 2.45) is 0 Å². The summed E-state index contributed by atoms with van der Waals surface area (Å²) in [6.45, 7) is 12.8. The molecule has 0 aromatic carbocycles. The van der Waals surface area contributed by atoms with Crippen LogP contribution in [-0.4, -0.2) is 4.98 Å². The molecule has 1 aromatic rings. The molecule has 0 aliphatic carbocycles. The number of nitrogens with zero attached hydrogens (tertiary/aromatic N) is 1. The largest absolute Gasteiger partial charge is 0.364 e. The maximum atomic E-state index is 6.89. The van der Waals surface area contributed by atoms with Gasteiger partial charge in [0, 0.05) is 18.8 Å². The summed E-state index contributed by atoms with van der Waals surface area (Å²) in [6.07, 6.45) is 1.95. The van der Waals surface area contributed by atoms with E-state index in [9.17, 15) is 0 Å². The van der Waals surface area contributed by atoms with E-state index in [1.54, 1.807) is 0 Å². The number of rotatable bonds is 1. The molecule has 1 heterocycles. The quantitative estimate of drug-likeness (QED) is 0.591. The number of H-pyrrole nitrogens is 1. The monoisotopic (exact) mass is 148 g/mol. The Morgan fingerprint density at radius 1 is 1.55 bits per heavy atom. The van der Waals surface area contributed by atoms with Crippen molar-refractivity contribution in [2.45, 2.75) is 26.8 Å². The van der Waals surface area contributed by atoms with Gasteiger partial charge < -0.3 is 9.83 Å². The Labute approximate surface area is 67.1 Å². The van der Waals surface area contributed by atoms with E-state index in [-0.39, 0.29) is 6.04 Å². The van der Waals surface area contributed by atoms with Gasteiger partial charge in [-0.25, -0.2) is 6.57 Å². The molecule has 11 heavy (non-hydrogen) atoms. The third kappa shape index (κ3) is 1.27. The van der Waals surface area contributed by atoms with E-state index >= 15 is 0 Å². The fraction of sp³-hybridized carbons (Fsp3) is 0.444. The van der Waals surface area contributed by atoms with Gasteiger partial charge in [-0.15, -0.1) is 0 Å². The molecule has 1 aromatic heterocycles. The number of aryl methyl sites for hydroxylation is 2. The van der Waals surface area contributed by atoms with E-state index in [0.29, 0.717) is 0 Å². The second kappa shape index (κ2) is 2.79. The highest BCUT2D eigenvalue weighted by Gasteiger charge is 2.15. The molecule has 0 radical (unpaired) electrons. The predicted molar refractivity (Wildman–Crippen MR) is 45.3 cm³/mol. The van der Waals surface area contributed by atoms with Crippen LogP contribution in [-0.2, 0) is 0 Å². The SMILES string of the molecule is [C-]#[N+]C(C)c1c(C)c[nH]c1C. The van der Waals surface area contributed by atoms with Crippen molar-refractivity contribution >= 4 is 0 Å². The molecule has 0 fully saturated rings. The van der Waals surface area contributed by atoms with E-state index in [4.69, 9.17) is 6.57 Å². The highest BCUT2D eigenvalue weighted by Crippen LogP contribution is 2.23. The molecule has 58 valence electrons. The number of hydrogen-bond donors (Lipinski definition) is 1. The van der Waals surface area contributed by atoms with Gasteiger partial charge in [-0.05, 0) is 19.4 Å². The first-order chi connectivity index (χ1) is 5.16. The lowest BCUT2D eigenvalue weighted by Crippen LogP contribution is -1.89. The molecule has 2 nitrogen and oxygen atoms in total. The summed E-state index contributed by atoms with van der Waals surface area (Å²) in [6, 6.07) is -0.0127. The van der Waals surface area contributed by atoms with Crippen LogP contribution in [0.1, 0.15) is 29.8 Å². The van der Waals surface area contributed by atoms with Crippen LogP contribution in [0.2, 0.25) is 0 Å². The van der Waals surface area contributed by atoms with Crippen molar-refractivity contribution in [2.75, 3.05) is 0 Å². The Balaban J connectivity index is 3.12. The summed E-state index contributed by atoms with van der Waals surface area (Å²) in [5.41, 5.74) is 3.46. The summed E-state index contributed by atoms with van der Waals surface area (Å²) >= 11 is 0. The summed E-state index contributed by atoms with van der Waals surface area (Å²) in [7, 11) is 0. The van der Waals surface area contributed by atoms with Gasteiger partial charge in [0.25, 0.3) is 0 Å². The molecule has 1 rings (SSSR count). The molecular formula is C9H12N2. The lowest BCUT2D eigenvalue weighted by atomic mass is 10.1. The topological polar surface area (TPSA) is 20.1 Å². The van der Waals surface area contributed by atoms with Crippen molar-refractivity contribution in [3.8, 4) is 0 Å². The standard InChI is InChI=1S/C9H12N2/c1-6-5-11-8(3)9(6)7(2)10-4/h5,7,11H,1-3H3. The van der Waals surface area contributed by atoms with Crippen molar-refractivity contribution in [3.05, 3.63) is 34.4 Å². The molecule has 1 unspecified atom stereocenters. The first-order valence-electron chi connectivity index (χ1n) is 3.68. The highest BCUT2D eigenvalue weighted by molar-refractivity contribution is 5.33. The number of hydrogen-bond acceptors (Lipinski definition) is 0. The zero-order valence-electron chi connectivity index (χ0n) is 7.10. The molecule has 1 atom stereocenters. The average Bonchev–Trinajstić information content (AvgIpc) is 2.30. The smallest absolute Gasteiger partial charge is 0.247 e. The van der Waals surface area contributed by atoms with Gasteiger partial charge in [-0.2, -0.15) is 0 Å². The molecule has 0 amide bonds. The van der Waals surface area contributed by atoms with E-state index in [1.807, 2.05) is 27.0 Å². The van der Waals surface area contributed by atoms with Crippen LogP contribution in [0.4, 0.5) is 0 Å². The number of aromatic amines is 1. The van der Waals surface area contributed by atoms with Crippen LogP contribution in [0.25, 0.3) is 4.85 Å². The van der Waals surface area contributed by atoms with Crippen molar-refractivity contribution in [3.63, 3.8) is 0 Å². The van der Waals surface area contributed by atoms with E-state index in [0.717, 1.165) is 11.3 Å². The van der Waals surface area contributed by atoms with Gasteiger partial charge in [0.15, 0.2) is 0 Å². The zero-order chi connectivity index (χ0) is 8.43. The van der Waals surface area contributed by atoms with Gasteiger partial charge in [-0.3, -0.25) is 0 Å². The minimum atomic E-state index is -0.0127. The number of aromatic nitrogens is 1. The van der Waals surface area contributed by atoms with Crippen LogP contribution in [0.5, 0.6) is 0 Å². The van der Waals surface area contributed by atoms with Crippen LogP contribution in [0, 0.1) is 20.4 Å². The minimum Gasteiger partial charge on any atom is -0.364 e. The van der Waals surface area contributed by atoms with Crippen LogP contribution < -0.4 is 0 Å². The highest BCUT2D eigenvalue weighted by atomic mass is 14.7. The normalized spacial score (nSPS) is 12.5. The molecule has 0 saturated carbocycles. The summed E-state index contributed by atoms with van der Waals surface area (Å²) in [5, 5.41) is 0. The Morgan fingerprint density at radius 3 is 2.55 bits per heavy atom. The Kier molecular flexibility index (Phi) is 2.00. The lowest BCUT2D eigenvalue weighted by Gasteiger charge is -1.98. The van der Waals surface area contributed by atoms with Crippen molar-refractivity contribution < 1.29 is 0 Å². The van der Waals surface area contributed by atoms with Crippen LogP contribution in [0.15, 0.2) is 6.20 Å². The first-order valence-corrected chi connectivity index (χ1v) is 3.68. The number of nitrogens with one attached hydrogen (secondary N) is 1. The van der Waals surface area contributed by atoms with Crippen molar-refractivity contribution in [1.29, 1.82) is 0 Å². The third-order valence-electron chi connectivity index (χ3n) is 1.95. The van der Waals surface area contributed by atoms with E-state index < -0.39 is 0 Å². The van der Waals surface area contributed by atoms with Crippen molar-refractivity contribution in [1.82, 2.24) is 4.98 Å². The summed E-state index contributed by atoms with van der Waals surface area (Å²) in [5.74, 6) is 0. The van der Waals surface area contributed by atoms with Crippen LogP contribution in [0.3, 0.4) is 0 Å². The first kappa shape index (κ1) is 7.87. The predicted octanol–water partition coefficient (Wildman–Crippen LogP) is 2.61. The second-order valence-corrected chi connectivity index (χ2v) is 2.82.